The molecule has 3 heterocycles. The fraction of sp³-hybridized carbons (Fsp3) is 0.593. The molecule has 1 aromatic carbocycles. The standard InChI is InChI=1S/C27H34ClN3O5/c1-15-5-4-6-19(16(15)2)30-25(33)23-27-12-11-20(36-27)21(22(27)26(34)31(23)13-14-35-3)24(32)29-18-9-7-17(28)8-10-18/h7-12,15-16,19-23H,4-6,13-14H2,1-3H3,(H,29,32)(H,30,33)/t15-,16+,19+,20+,21+,22+,23-,27-/m0/s1. The molecule has 8 atom stereocenters. The van der Waals surface area contributed by atoms with Gasteiger partial charge in [-0.25, -0.2) is 0 Å². The van der Waals surface area contributed by atoms with E-state index in [1.165, 1.54) is 0 Å². The van der Waals surface area contributed by atoms with Crippen LogP contribution in [0, 0.1) is 23.7 Å². The summed E-state index contributed by atoms with van der Waals surface area (Å²) in [5.74, 6) is -1.45. The number of benzene rings is 1. The maximum atomic E-state index is 13.8. The van der Waals surface area contributed by atoms with Gasteiger partial charge < -0.3 is 25.0 Å². The highest BCUT2D eigenvalue weighted by atomic mass is 35.5. The Kier molecular flexibility index (Phi) is 6.87. The number of halogens is 1. The lowest BCUT2D eigenvalue weighted by Crippen LogP contribution is -2.58. The lowest BCUT2D eigenvalue weighted by atomic mass is 9.73. The number of carbonyl (C=O) groups excluding carboxylic acids is 3. The molecule has 5 rings (SSSR count). The van der Waals surface area contributed by atoms with Gasteiger partial charge >= 0.3 is 0 Å². The van der Waals surface area contributed by atoms with Crippen molar-refractivity contribution in [2.45, 2.75) is 56.9 Å². The van der Waals surface area contributed by atoms with Crippen LogP contribution in [0.5, 0.6) is 0 Å². The Balaban J connectivity index is 1.42. The first-order valence-electron chi connectivity index (χ1n) is 12.8. The number of hydrogen-bond donors (Lipinski definition) is 2. The Hall–Kier alpha value is -2.42. The van der Waals surface area contributed by atoms with Crippen LogP contribution in [0.25, 0.3) is 0 Å². The minimum atomic E-state index is -1.18. The molecule has 2 bridgehead atoms. The molecule has 1 spiro atoms. The van der Waals surface area contributed by atoms with Crippen LogP contribution in [0.15, 0.2) is 36.4 Å². The zero-order chi connectivity index (χ0) is 25.6. The van der Waals surface area contributed by atoms with Crippen molar-refractivity contribution in [1.29, 1.82) is 0 Å². The normalized spacial score (nSPS) is 36.7. The van der Waals surface area contributed by atoms with E-state index in [2.05, 4.69) is 24.5 Å². The highest BCUT2D eigenvalue weighted by Gasteiger charge is 2.72. The fourth-order valence-electron chi connectivity index (χ4n) is 6.50. The summed E-state index contributed by atoms with van der Waals surface area (Å²) < 4.78 is 11.6. The predicted octanol–water partition coefficient (Wildman–Crippen LogP) is 3.02. The largest absolute Gasteiger partial charge is 0.383 e. The Bertz CT molecular complexity index is 1060. The predicted molar refractivity (Wildman–Crippen MR) is 135 cm³/mol. The van der Waals surface area contributed by atoms with E-state index in [1.54, 1.807) is 36.3 Å². The van der Waals surface area contributed by atoms with Crippen molar-refractivity contribution in [2.75, 3.05) is 25.6 Å². The van der Waals surface area contributed by atoms with Crippen LogP contribution < -0.4 is 10.6 Å². The van der Waals surface area contributed by atoms with Crippen molar-refractivity contribution in [3.05, 3.63) is 41.4 Å². The maximum absolute atomic E-state index is 13.8. The number of nitrogens with one attached hydrogen (secondary N) is 2. The van der Waals surface area contributed by atoms with Gasteiger partial charge in [0.25, 0.3) is 0 Å². The number of likely N-dealkylation sites (tertiary alicyclic amines) is 1. The Labute approximate surface area is 216 Å². The number of fused-ring (bicyclic) bond motifs is 1. The summed E-state index contributed by atoms with van der Waals surface area (Å²) in [7, 11) is 1.56. The van der Waals surface area contributed by atoms with Gasteiger partial charge in [-0.15, -0.1) is 0 Å². The monoisotopic (exact) mass is 515 g/mol. The van der Waals surface area contributed by atoms with Crippen LogP contribution in [0.4, 0.5) is 5.69 Å². The second-order valence-corrected chi connectivity index (χ2v) is 11.0. The molecule has 1 aromatic rings. The third-order valence-electron chi connectivity index (χ3n) is 8.61. The van der Waals surface area contributed by atoms with Crippen LogP contribution in [-0.2, 0) is 23.9 Å². The van der Waals surface area contributed by atoms with Crippen molar-refractivity contribution in [3.63, 3.8) is 0 Å². The van der Waals surface area contributed by atoms with E-state index in [9.17, 15) is 14.4 Å². The van der Waals surface area contributed by atoms with E-state index in [4.69, 9.17) is 21.1 Å². The molecule has 194 valence electrons. The van der Waals surface area contributed by atoms with Crippen molar-refractivity contribution in [2.24, 2.45) is 23.7 Å². The Morgan fingerprint density at radius 1 is 1.19 bits per heavy atom. The lowest BCUT2D eigenvalue weighted by molar-refractivity contribution is -0.142. The first-order chi connectivity index (χ1) is 17.3. The lowest BCUT2D eigenvalue weighted by Gasteiger charge is -2.38. The molecule has 4 aliphatic rings. The second kappa shape index (κ2) is 9.80. The summed E-state index contributed by atoms with van der Waals surface area (Å²) in [4.78, 5) is 42.6. The first kappa shape index (κ1) is 25.2. The minimum absolute atomic E-state index is 0.0441. The molecule has 3 fully saturated rings. The van der Waals surface area contributed by atoms with Gasteiger partial charge in [-0.05, 0) is 42.5 Å². The van der Waals surface area contributed by atoms with Gasteiger partial charge in [-0.2, -0.15) is 0 Å². The van der Waals surface area contributed by atoms with E-state index in [0.717, 1.165) is 19.3 Å². The zero-order valence-electron chi connectivity index (χ0n) is 20.9. The van der Waals surface area contributed by atoms with Crippen molar-refractivity contribution >= 4 is 35.0 Å². The SMILES string of the molecule is COCCN1C(=O)[C@H]2[C@H](C(=O)Nc3ccc(Cl)cc3)[C@H]3C=C[C@@]2(O3)[C@@H]1C(=O)N[C@@H]1CCC[C@H](C)[C@H]1C. The van der Waals surface area contributed by atoms with Gasteiger partial charge in [0.05, 0.1) is 24.5 Å². The van der Waals surface area contributed by atoms with Gasteiger partial charge in [0.15, 0.2) is 0 Å². The number of anilines is 1. The van der Waals surface area contributed by atoms with Gasteiger partial charge in [0.1, 0.15) is 11.6 Å². The maximum Gasteiger partial charge on any atom is 0.246 e. The molecular weight excluding hydrogens is 482 g/mol. The van der Waals surface area contributed by atoms with E-state index in [0.29, 0.717) is 22.5 Å². The summed E-state index contributed by atoms with van der Waals surface area (Å²) in [5.41, 5.74) is -0.591. The number of methoxy groups -OCH3 is 1. The summed E-state index contributed by atoms with van der Waals surface area (Å²) in [6.07, 6.45) is 6.21. The molecule has 0 unspecified atom stereocenters. The van der Waals surface area contributed by atoms with Gasteiger partial charge in [0.2, 0.25) is 17.7 Å². The first-order valence-corrected chi connectivity index (χ1v) is 13.2. The quantitative estimate of drug-likeness (QED) is 0.544. The highest BCUT2D eigenvalue weighted by Crippen LogP contribution is 2.55. The average molecular weight is 516 g/mol. The van der Waals surface area contributed by atoms with Crippen LogP contribution in [0.3, 0.4) is 0 Å². The highest BCUT2D eigenvalue weighted by molar-refractivity contribution is 6.30. The van der Waals surface area contributed by atoms with Gasteiger partial charge in [-0.1, -0.05) is 50.4 Å². The van der Waals surface area contributed by atoms with Crippen molar-refractivity contribution in [1.82, 2.24) is 10.2 Å². The molecule has 0 radical (unpaired) electrons. The smallest absolute Gasteiger partial charge is 0.246 e. The molecule has 8 nitrogen and oxygen atoms in total. The molecule has 2 saturated heterocycles. The summed E-state index contributed by atoms with van der Waals surface area (Å²) in [6, 6.07) is 5.99. The van der Waals surface area contributed by atoms with Gasteiger partial charge in [-0.3, -0.25) is 14.4 Å². The summed E-state index contributed by atoms with van der Waals surface area (Å²) >= 11 is 5.97. The van der Waals surface area contributed by atoms with E-state index in [-0.39, 0.29) is 36.9 Å². The Morgan fingerprint density at radius 2 is 1.94 bits per heavy atom. The van der Waals surface area contributed by atoms with Crippen LogP contribution in [0.2, 0.25) is 5.02 Å². The third kappa shape index (κ3) is 4.13. The minimum Gasteiger partial charge on any atom is -0.383 e. The topological polar surface area (TPSA) is 97.0 Å². The van der Waals surface area contributed by atoms with E-state index >= 15 is 0 Å². The summed E-state index contributed by atoms with van der Waals surface area (Å²) in [6.45, 7) is 4.92. The van der Waals surface area contributed by atoms with Crippen molar-refractivity contribution < 1.29 is 23.9 Å². The molecule has 1 aliphatic carbocycles. The molecule has 3 aliphatic heterocycles. The average Bonchev–Trinajstić information content (AvgIpc) is 3.49. The third-order valence-corrected chi connectivity index (χ3v) is 8.86. The molecule has 3 amide bonds. The second-order valence-electron chi connectivity index (χ2n) is 10.6. The van der Waals surface area contributed by atoms with E-state index in [1.807, 2.05) is 12.2 Å². The summed E-state index contributed by atoms with van der Waals surface area (Å²) in [5, 5.41) is 6.71. The number of carbonyl (C=O) groups is 3. The van der Waals surface area contributed by atoms with E-state index < -0.39 is 29.6 Å². The fourth-order valence-corrected chi connectivity index (χ4v) is 6.63. The molecular formula is C27H34ClN3O5. The molecule has 9 heteroatoms. The molecule has 2 N–H and O–H groups in total. The molecule has 0 aromatic heterocycles. The van der Waals surface area contributed by atoms with Crippen molar-refractivity contribution in [3.8, 4) is 0 Å². The number of rotatable bonds is 7. The number of nitrogens with zero attached hydrogens (tertiary/aromatic N) is 1. The van der Waals surface area contributed by atoms with Crippen LogP contribution in [-0.4, -0.2) is 66.7 Å². The van der Waals surface area contributed by atoms with Crippen LogP contribution >= 0.6 is 11.6 Å². The number of hydrogen-bond acceptors (Lipinski definition) is 5. The molecule has 1 saturated carbocycles. The Morgan fingerprint density at radius 3 is 2.67 bits per heavy atom. The number of ether oxygens (including phenoxy) is 2. The zero-order valence-corrected chi connectivity index (χ0v) is 21.7. The van der Waals surface area contributed by atoms with Crippen LogP contribution in [0.1, 0.15) is 33.1 Å². The molecule has 36 heavy (non-hydrogen) atoms. The van der Waals surface area contributed by atoms with Gasteiger partial charge in [0, 0.05) is 30.4 Å². The number of amides is 3.